The minimum atomic E-state index is 0.428. The molecule has 0 aromatic heterocycles. The Labute approximate surface area is 62.8 Å². The molecule has 0 rings (SSSR count). The van der Waals surface area contributed by atoms with Crippen LogP contribution in [0.4, 0.5) is 0 Å². The van der Waals surface area contributed by atoms with E-state index in [-0.39, 0.29) is 0 Å². The molecule has 0 saturated carbocycles. The van der Waals surface area contributed by atoms with Gasteiger partial charge in [-0.2, -0.15) is 5.26 Å². The number of rotatable bonds is 4. The molecule has 10 heavy (non-hydrogen) atoms. The summed E-state index contributed by atoms with van der Waals surface area (Å²) in [5.74, 6) is 0. The molecule has 0 radical (unpaired) electrons. The summed E-state index contributed by atoms with van der Waals surface area (Å²) in [5.41, 5.74) is 0. The number of nitriles is 1. The van der Waals surface area contributed by atoms with Crippen LogP contribution in [0.25, 0.3) is 0 Å². The van der Waals surface area contributed by atoms with Gasteiger partial charge in [-0.15, -0.1) is 6.58 Å². The van der Waals surface area contributed by atoms with Crippen molar-refractivity contribution in [2.24, 2.45) is 0 Å². The SMILES string of the molecule is C=CCN(CC#N)C(C)C. The average Bonchev–Trinajstić information content (AvgIpc) is 1.87. The van der Waals surface area contributed by atoms with Crippen LogP contribution in [0.3, 0.4) is 0 Å². The first-order chi connectivity index (χ1) is 4.72. The number of hydrogen-bond donors (Lipinski definition) is 0. The van der Waals surface area contributed by atoms with Gasteiger partial charge in [-0.05, 0) is 13.8 Å². The highest BCUT2D eigenvalue weighted by molar-refractivity contribution is 4.83. The van der Waals surface area contributed by atoms with Crippen LogP contribution in [-0.2, 0) is 0 Å². The highest BCUT2D eigenvalue weighted by Gasteiger charge is 2.04. The van der Waals surface area contributed by atoms with Crippen molar-refractivity contribution in [2.45, 2.75) is 19.9 Å². The highest BCUT2D eigenvalue weighted by atomic mass is 15.1. The van der Waals surface area contributed by atoms with E-state index in [0.29, 0.717) is 12.6 Å². The smallest absolute Gasteiger partial charge is 0.0870 e. The first kappa shape index (κ1) is 9.19. The van der Waals surface area contributed by atoms with Crippen LogP contribution < -0.4 is 0 Å². The molecule has 0 unspecified atom stereocenters. The highest BCUT2D eigenvalue weighted by Crippen LogP contribution is 1.95. The van der Waals surface area contributed by atoms with Crippen molar-refractivity contribution in [3.8, 4) is 6.07 Å². The first-order valence-corrected chi connectivity index (χ1v) is 3.44. The summed E-state index contributed by atoms with van der Waals surface area (Å²) in [7, 11) is 0. The molecule has 0 amide bonds. The van der Waals surface area contributed by atoms with Gasteiger partial charge in [0.1, 0.15) is 0 Å². The van der Waals surface area contributed by atoms with Crippen LogP contribution in [0.2, 0.25) is 0 Å². The second-order valence-corrected chi connectivity index (χ2v) is 2.47. The Balaban J connectivity index is 3.74. The monoisotopic (exact) mass is 138 g/mol. The predicted octanol–water partition coefficient (Wildman–Crippen LogP) is 1.41. The van der Waals surface area contributed by atoms with Crippen molar-refractivity contribution in [2.75, 3.05) is 13.1 Å². The molecule has 0 aliphatic rings. The Morgan fingerprint density at radius 3 is 2.60 bits per heavy atom. The van der Waals surface area contributed by atoms with Crippen LogP contribution in [0.5, 0.6) is 0 Å². The second kappa shape index (κ2) is 5.01. The molecular weight excluding hydrogens is 124 g/mol. The van der Waals surface area contributed by atoms with Gasteiger partial charge in [-0.1, -0.05) is 6.08 Å². The minimum Gasteiger partial charge on any atom is -0.284 e. The summed E-state index contributed by atoms with van der Waals surface area (Å²) in [5, 5.41) is 8.39. The maximum absolute atomic E-state index is 8.39. The van der Waals surface area contributed by atoms with E-state index in [9.17, 15) is 0 Å². The van der Waals surface area contributed by atoms with Gasteiger partial charge in [0.05, 0.1) is 12.6 Å². The maximum Gasteiger partial charge on any atom is 0.0870 e. The Morgan fingerprint density at radius 1 is 1.70 bits per heavy atom. The van der Waals surface area contributed by atoms with Gasteiger partial charge in [0.15, 0.2) is 0 Å². The van der Waals surface area contributed by atoms with Gasteiger partial charge < -0.3 is 0 Å². The largest absolute Gasteiger partial charge is 0.284 e. The molecule has 0 bridgehead atoms. The molecule has 0 heterocycles. The zero-order valence-corrected chi connectivity index (χ0v) is 6.67. The molecule has 0 N–H and O–H groups in total. The Kier molecular flexibility index (Phi) is 4.61. The molecule has 56 valence electrons. The lowest BCUT2D eigenvalue weighted by Crippen LogP contribution is -2.31. The van der Waals surface area contributed by atoms with Crippen LogP contribution in [-0.4, -0.2) is 24.0 Å². The lowest BCUT2D eigenvalue weighted by Gasteiger charge is -2.20. The molecule has 2 heteroatoms. The molecule has 0 fully saturated rings. The van der Waals surface area contributed by atoms with Gasteiger partial charge in [-0.3, -0.25) is 4.90 Å². The van der Waals surface area contributed by atoms with Crippen molar-refractivity contribution < 1.29 is 0 Å². The first-order valence-electron chi connectivity index (χ1n) is 3.44. The van der Waals surface area contributed by atoms with Crippen LogP contribution in [0.15, 0.2) is 12.7 Å². The molecule has 0 aliphatic heterocycles. The third-order valence-electron chi connectivity index (χ3n) is 1.37. The summed E-state index contributed by atoms with van der Waals surface area (Å²) in [4.78, 5) is 2.05. The second-order valence-electron chi connectivity index (χ2n) is 2.47. The summed E-state index contributed by atoms with van der Waals surface area (Å²) < 4.78 is 0. The average molecular weight is 138 g/mol. The Hall–Kier alpha value is -0.810. The van der Waals surface area contributed by atoms with Crippen molar-refractivity contribution in [3.05, 3.63) is 12.7 Å². The minimum absolute atomic E-state index is 0.428. The van der Waals surface area contributed by atoms with Gasteiger partial charge in [0, 0.05) is 12.6 Å². The van der Waals surface area contributed by atoms with Gasteiger partial charge in [0.2, 0.25) is 0 Å². The van der Waals surface area contributed by atoms with E-state index < -0.39 is 0 Å². The Morgan fingerprint density at radius 2 is 2.30 bits per heavy atom. The van der Waals surface area contributed by atoms with Crippen LogP contribution in [0, 0.1) is 11.3 Å². The van der Waals surface area contributed by atoms with Crippen LogP contribution >= 0.6 is 0 Å². The zero-order valence-electron chi connectivity index (χ0n) is 6.67. The van der Waals surface area contributed by atoms with Crippen molar-refractivity contribution in [1.29, 1.82) is 5.26 Å². The summed E-state index contributed by atoms with van der Waals surface area (Å²) in [6.07, 6.45) is 1.82. The van der Waals surface area contributed by atoms with Crippen LogP contribution in [0.1, 0.15) is 13.8 Å². The van der Waals surface area contributed by atoms with Crippen molar-refractivity contribution >= 4 is 0 Å². The standard InChI is InChI=1S/C8H14N2/c1-4-6-10(7-5-9)8(2)3/h4,8H,1,6-7H2,2-3H3. The molecular formula is C8H14N2. The molecule has 0 saturated heterocycles. The van der Waals surface area contributed by atoms with E-state index in [0.717, 1.165) is 6.54 Å². The van der Waals surface area contributed by atoms with E-state index >= 15 is 0 Å². The molecule has 0 aromatic carbocycles. The topological polar surface area (TPSA) is 27.0 Å². The summed E-state index contributed by atoms with van der Waals surface area (Å²) >= 11 is 0. The lowest BCUT2D eigenvalue weighted by atomic mass is 10.3. The normalized spacial score (nSPS) is 9.90. The molecule has 0 aromatic rings. The summed E-state index contributed by atoms with van der Waals surface area (Å²) in [6.45, 7) is 9.04. The molecule has 2 nitrogen and oxygen atoms in total. The van der Waals surface area contributed by atoms with E-state index in [1.807, 2.05) is 11.0 Å². The molecule has 0 aliphatic carbocycles. The fraction of sp³-hybridized carbons (Fsp3) is 0.625. The molecule has 0 spiro atoms. The third kappa shape index (κ3) is 3.26. The predicted molar refractivity (Wildman–Crippen MR) is 42.5 cm³/mol. The van der Waals surface area contributed by atoms with Gasteiger partial charge in [-0.25, -0.2) is 0 Å². The van der Waals surface area contributed by atoms with Crippen molar-refractivity contribution in [1.82, 2.24) is 4.90 Å². The number of nitrogens with zero attached hydrogens (tertiary/aromatic N) is 2. The fourth-order valence-electron chi connectivity index (χ4n) is 0.715. The Bertz CT molecular complexity index is 133. The molecule has 0 atom stereocenters. The number of hydrogen-bond acceptors (Lipinski definition) is 2. The quantitative estimate of drug-likeness (QED) is 0.434. The van der Waals surface area contributed by atoms with E-state index in [4.69, 9.17) is 5.26 Å². The zero-order chi connectivity index (χ0) is 7.98. The van der Waals surface area contributed by atoms with Crippen molar-refractivity contribution in [3.63, 3.8) is 0 Å². The van der Waals surface area contributed by atoms with E-state index in [1.165, 1.54) is 0 Å². The van der Waals surface area contributed by atoms with E-state index in [1.54, 1.807) is 0 Å². The summed E-state index contributed by atoms with van der Waals surface area (Å²) in [6, 6.07) is 2.54. The maximum atomic E-state index is 8.39. The van der Waals surface area contributed by atoms with E-state index in [2.05, 4.69) is 26.5 Å². The fourth-order valence-corrected chi connectivity index (χ4v) is 0.715. The lowest BCUT2D eigenvalue weighted by molar-refractivity contribution is 0.276. The van der Waals surface area contributed by atoms with Gasteiger partial charge >= 0.3 is 0 Å². The van der Waals surface area contributed by atoms with Gasteiger partial charge in [0.25, 0.3) is 0 Å². The third-order valence-corrected chi connectivity index (χ3v) is 1.37.